The lowest BCUT2D eigenvalue weighted by molar-refractivity contribution is -0.141. The van der Waals surface area contributed by atoms with Crippen molar-refractivity contribution < 1.29 is 9.53 Å². The first kappa shape index (κ1) is 10.3. The van der Waals surface area contributed by atoms with Gasteiger partial charge in [-0.1, -0.05) is 36.4 Å². The van der Waals surface area contributed by atoms with Crippen molar-refractivity contribution in [3.63, 3.8) is 0 Å². The minimum absolute atomic E-state index is 0.306. The number of nitrogens with two attached hydrogens (primary N) is 1. The van der Waals surface area contributed by atoms with Crippen LogP contribution in [-0.4, -0.2) is 19.1 Å². The standard InChI is InChI=1S/C14H13NO2/c15-13(16)14(8-17-9-14)12-6-5-10-3-1-2-4-11(10)7-12/h1-7H,8-9H2,(H2,15,16). The Kier molecular flexibility index (Phi) is 2.16. The molecule has 0 bridgehead atoms. The number of rotatable bonds is 2. The van der Waals surface area contributed by atoms with Crippen LogP contribution in [0.3, 0.4) is 0 Å². The third-order valence-electron chi connectivity index (χ3n) is 3.47. The van der Waals surface area contributed by atoms with Crippen molar-refractivity contribution in [2.24, 2.45) is 5.73 Å². The number of amides is 1. The van der Waals surface area contributed by atoms with E-state index in [-0.39, 0.29) is 5.91 Å². The summed E-state index contributed by atoms with van der Waals surface area (Å²) in [5.41, 5.74) is 5.82. The quantitative estimate of drug-likeness (QED) is 0.847. The third kappa shape index (κ3) is 1.43. The average Bonchev–Trinajstić information content (AvgIpc) is 2.27. The molecule has 17 heavy (non-hydrogen) atoms. The van der Waals surface area contributed by atoms with Crippen LogP contribution in [0.15, 0.2) is 42.5 Å². The molecule has 3 nitrogen and oxygen atoms in total. The summed E-state index contributed by atoms with van der Waals surface area (Å²) >= 11 is 0. The van der Waals surface area contributed by atoms with Crippen LogP contribution < -0.4 is 5.73 Å². The van der Waals surface area contributed by atoms with E-state index in [2.05, 4.69) is 0 Å². The first-order valence-electron chi connectivity index (χ1n) is 5.59. The Morgan fingerprint density at radius 3 is 2.41 bits per heavy atom. The van der Waals surface area contributed by atoms with Crippen LogP contribution in [0.25, 0.3) is 10.8 Å². The van der Waals surface area contributed by atoms with Gasteiger partial charge >= 0.3 is 0 Å². The molecular formula is C14H13NO2. The molecule has 0 unspecified atom stereocenters. The fraction of sp³-hybridized carbons (Fsp3) is 0.214. The first-order chi connectivity index (χ1) is 8.22. The molecule has 0 saturated carbocycles. The number of carbonyl (C=O) groups excluding carboxylic acids is 1. The van der Waals surface area contributed by atoms with E-state index >= 15 is 0 Å². The summed E-state index contributed by atoms with van der Waals surface area (Å²) in [5, 5.41) is 2.29. The first-order valence-corrected chi connectivity index (χ1v) is 5.59. The molecule has 1 fully saturated rings. The minimum atomic E-state index is -0.621. The van der Waals surface area contributed by atoms with Crippen molar-refractivity contribution in [3.8, 4) is 0 Å². The van der Waals surface area contributed by atoms with Crippen LogP contribution in [0.4, 0.5) is 0 Å². The summed E-state index contributed by atoms with van der Waals surface area (Å²) < 4.78 is 5.17. The second-order valence-electron chi connectivity index (χ2n) is 4.50. The van der Waals surface area contributed by atoms with E-state index < -0.39 is 5.41 Å². The van der Waals surface area contributed by atoms with Gasteiger partial charge in [-0.25, -0.2) is 0 Å². The lowest BCUT2D eigenvalue weighted by Crippen LogP contribution is -2.56. The molecule has 1 aliphatic heterocycles. The zero-order valence-corrected chi connectivity index (χ0v) is 9.35. The van der Waals surface area contributed by atoms with Crippen LogP contribution in [0.5, 0.6) is 0 Å². The Hall–Kier alpha value is -1.87. The summed E-state index contributed by atoms with van der Waals surface area (Å²) in [5.74, 6) is -0.306. The molecule has 2 aromatic rings. The Bertz CT molecular complexity index is 588. The number of benzene rings is 2. The Morgan fingerprint density at radius 1 is 1.12 bits per heavy atom. The van der Waals surface area contributed by atoms with Gasteiger partial charge in [0.25, 0.3) is 0 Å². The topological polar surface area (TPSA) is 52.3 Å². The van der Waals surface area contributed by atoms with Gasteiger partial charge in [0.15, 0.2) is 0 Å². The Morgan fingerprint density at radius 2 is 1.82 bits per heavy atom. The van der Waals surface area contributed by atoms with Crippen LogP contribution >= 0.6 is 0 Å². The predicted molar refractivity (Wildman–Crippen MR) is 65.6 cm³/mol. The minimum Gasteiger partial charge on any atom is -0.378 e. The van der Waals surface area contributed by atoms with E-state index in [0.29, 0.717) is 13.2 Å². The molecule has 86 valence electrons. The molecule has 3 rings (SSSR count). The number of hydrogen-bond donors (Lipinski definition) is 1. The van der Waals surface area contributed by atoms with Crippen molar-refractivity contribution in [1.82, 2.24) is 0 Å². The predicted octanol–water partition coefficient (Wildman–Crippen LogP) is 1.59. The van der Waals surface area contributed by atoms with Crippen molar-refractivity contribution in [3.05, 3.63) is 48.0 Å². The molecule has 0 radical (unpaired) electrons. The van der Waals surface area contributed by atoms with Gasteiger partial charge < -0.3 is 10.5 Å². The summed E-state index contributed by atoms with van der Waals surface area (Å²) in [7, 11) is 0. The zero-order chi connectivity index (χ0) is 11.9. The Labute approximate surface area is 99.2 Å². The maximum absolute atomic E-state index is 11.6. The van der Waals surface area contributed by atoms with Crippen molar-refractivity contribution >= 4 is 16.7 Å². The monoisotopic (exact) mass is 227 g/mol. The fourth-order valence-corrected chi connectivity index (χ4v) is 2.24. The third-order valence-corrected chi connectivity index (χ3v) is 3.47. The van der Waals surface area contributed by atoms with E-state index in [0.717, 1.165) is 16.3 Å². The highest BCUT2D eigenvalue weighted by atomic mass is 16.5. The number of carbonyl (C=O) groups is 1. The lowest BCUT2D eigenvalue weighted by Gasteiger charge is -2.39. The summed E-state index contributed by atoms with van der Waals surface area (Å²) in [4.78, 5) is 11.6. The number of fused-ring (bicyclic) bond motifs is 1. The molecule has 1 amide bonds. The molecular weight excluding hydrogens is 214 g/mol. The normalized spacial score (nSPS) is 17.6. The largest absolute Gasteiger partial charge is 0.378 e. The molecule has 2 N–H and O–H groups in total. The SMILES string of the molecule is NC(=O)C1(c2ccc3ccccc3c2)COC1. The molecule has 0 aliphatic carbocycles. The van der Waals surface area contributed by atoms with Crippen LogP contribution in [0.2, 0.25) is 0 Å². The molecule has 0 spiro atoms. The van der Waals surface area contributed by atoms with E-state index in [1.165, 1.54) is 0 Å². The van der Waals surface area contributed by atoms with Gasteiger partial charge in [0.05, 0.1) is 13.2 Å². The number of primary amides is 1. The van der Waals surface area contributed by atoms with Crippen LogP contribution in [0.1, 0.15) is 5.56 Å². The lowest BCUT2D eigenvalue weighted by atomic mass is 9.77. The highest BCUT2D eigenvalue weighted by Crippen LogP contribution is 2.33. The van der Waals surface area contributed by atoms with Gasteiger partial charge in [0.2, 0.25) is 5.91 Å². The molecule has 0 aromatic heterocycles. The Balaban J connectivity index is 2.14. The van der Waals surface area contributed by atoms with Gasteiger partial charge in [0, 0.05) is 0 Å². The van der Waals surface area contributed by atoms with Gasteiger partial charge in [-0.15, -0.1) is 0 Å². The highest BCUT2D eigenvalue weighted by molar-refractivity contribution is 5.91. The zero-order valence-electron chi connectivity index (χ0n) is 9.35. The van der Waals surface area contributed by atoms with Gasteiger partial charge in [-0.05, 0) is 22.4 Å². The van der Waals surface area contributed by atoms with Crippen LogP contribution in [-0.2, 0) is 14.9 Å². The molecule has 1 heterocycles. The van der Waals surface area contributed by atoms with Gasteiger partial charge in [-0.3, -0.25) is 4.79 Å². The van der Waals surface area contributed by atoms with E-state index in [4.69, 9.17) is 10.5 Å². The van der Waals surface area contributed by atoms with E-state index in [9.17, 15) is 4.79 Å². The smallest absolute Gasteiger partial charge is 0.232 e. The molecule has 1 saturated heterocycles. The number of ether oxygens (including phenoxy) is 1. The maximum Gasteiger partial charge on any atom is 0.232 e. The summed E-state index contributed by atoms with van der Waals surface area (Å²) in [6, 6.07) is 14.1. The maximum atomic E-state index is 11.6. The molecule has 3 heteroatoms. The summed E-state index contributed by atoms with van der Waals surface area (Å²) in [6.07, 6.45) is 0. The average molecular weight is 227 g/mol. The molecule has 2 aromatic carbocycles. The van der Waals surface area contributed by atoms with E-state index in [1.807, 2.05) is 42.5 Å². The molecule has 0 atom stereocenters. The molecule has 1 aliphatic rings. The second-order valence-corrected chi connectivity index (χ2v) is 4.50. The van der Waals surface area contributed by atoms with Crippen LogP contribution in [0, 0.1) is 0 Å². The van der Waals surface area contributed by atoms with Gasteiger partial charge in [-0.2, -0.15) is 0 Å². The highest BCUT2D eigenvalue weighted by Gasteiger charge is 2.46. The van der Waals surface area contributed by atoms with Crippen molar-refractivity contribution in [1.29, 1.82) is 0 Å². The summed E-state index contributed by atoms with van der Waals surface area (Å²) in [6.45, 7) is 0.779. The fourth-order valence-electron chi connectivity index (χ4n) is 2.24. The number of hydrogen-bond acceptors (Lipinski definition) is 2. The van der Waals surface area contributed by atoms with Gasteiger partial charge in [0.1, 0.15) is 5.41 Å². The second kappa shape index (κ2) is 3.57. The van der Waals surface area contributed by atoms with Crippen molar-refractivity contribution in [2.75, 3.05) is 13.2 Å². The van der Waals surface area contributed by atoms with Crippen molar-refractivity contribution in [2.45, 2.75) is 5.41 Å². The van der Waals surface area contributed by atoms with E-state index in [1.54, 1.807) is 0 Å².